The van der Waals surface area contributed by atoms with E-state index < -0.39 is 0 Å². The van der Waals surface area contributed by atoms with Gasteiger partial charge in [-0.05, 0) is 58.2 Å². The third-order valence-corrected chi connectivity index (χ3v) is 4.96. The molecule has 1 aromatic carbocycles. The van der Waals surface area contributed by atoms with Gasteiger partial charge < -0.3 is 10.0 Å². The first-order chi connectivity index (χ1) is 10.6. The first kappa shape index (κ1) is 15.5. The summed E-state index contributed by atoms with van der Waals surface area (Å²) in [6.07, 6.45) is 3.60. The number of hydrogen-bond acceptors (Lipinski definition) is 3. The number of benzene rings is 1. The maximum atomic E-state index is 12.8. The molecule has 4 heteroatoms. The van der Waals surface area contributed by atoms with E-state index in [4.69, 9.17) is 0 Å². The molecule has 2 heterocycles. The summed E-state index contributed by atoms with van der Waals surface area (Å²) in [5.74, 6) is 0.223. The Morgan fingerprint density at radius 2 is 1.95 bits per heavy atom. The summed E-state index contributed by atoms with van der Waals surface area (Å²) in [7, 11) is 0. The Morgan fingerprint density at radius 1 is 1.23 bits per heavy atom. The molecule has 2 saturated heterocycles. The van der Waals surface area contributed by atoms with Gasteiger partial charge in [0.05, 0.1) is 12.1 Å². The van der Waals surface area contributed by atoms with Gasteiger partial charge in [0.25, 0.3) is 0 Å². The Hall–Kier alpha value is -1.39. The van der Waals surface area contributed by atoms with Gasteiger partial charge in [0.2, 0.25) is 5.91 Å². The van der Waals surface area contributed by atoms with Crippen molar-refractivity contribution in [2.24, 2.45) is 0 Å². The number of amides is 1. The van der Waals surface area contributed by atoms with E-state index in [-0.39, 0.29) is 18.1 Å². The number of nitrogens with zero attached hydrogens (tertiary/aromatic N) is 2. The molecule has 2 fully saturated rings. The van der Waals surface area contributed by atoms with E-state index in [1.54, 1.807) is 0 Å². The summed E-state index contributed by atoms with van der Waals surface area (Å²) in [5.41, 5.74) is 2.22. The van der Waals surface area contributed by atoms with Gasteiger partial charge in [-0.3, -0.25) is 9.69 Å². The summed E-state index contributed by atoms with van der Waals surface area (Å²) < 4.78 is 0. The van der Waals surface area contributed by atoms with Crippen molar-refractivity contribution < 1.29 is 9.90 Å². The molecule has 2 aliphatic rings. The molecule has 3 unspecified atom stereocenters. The Bertz CT molecular complexity index is 526. The molecule has 0 bridgehead atoms. The first-order valence-corrected chi connectivity index (χ1v) is 8.38. The van der Waals surface area contributed by atoms with Gasteiger partial charge in [0.1, 0.15) is 0 Å². The zero-order valence-electron chi connectivity index (χ0n) is 13.5. The van der Waals surface area contributed by atoms with Crippen LogP contribution in [0, 0.1) is 6.92 Å². The number of hydrogen-bond donors (Lipinski definition) is 1. The number of rotatable bonds is 4. The maximum Gasteiger partial charge on any atom is 0.244 e. The topological polar surface area (TPSA) is 43.8 Å². The van der Waals surface area contributed by atoms with Crippen LogP contribution in [0.5, 0.6) is 0 Å². The largest absolute Gasteiger partial charge is 0.393 e. The normalized spacial score (nSPS) is 27.6. The molecule has 4 nitrogen and oxygen atoms in total. The fourth-order valence-corrected chi connectivity index (χ4v) is 3.87. The number of carbonyl (C=O) groups excluding carboxylic acids is 1. The van der Waals surface area contributed by atoms with E-state index in [0.717, 1.165) is 44.5 Å². The number of aliphatic hydroxyl groups excluding tert-OH is 1. The molecule has 120 valence electrons. The van der Waals surface area contributed by atoms with Gasteiger partial charge >= 0.3 is 0 Å². The van der Waals surface area contributed by atoms with Gasteiger partial charge in [0.15, 0.2) is 0 Å². The number of anilines is 1. The van der Waals surface area contributed by atoms with Crippen LogP contribution in [0.2, 0.25) is 0 Å². The summed E-state index contributed by atoms with van der Waals surface area (Å²) in [6.45, 7) is 5.68. The van der Waals surface area contributed by atoms with E-state index in [9.17, 15) is 9.90 Å². The Balaban J connectivity index is 1.71. The summed E-state index contributed by atoms with van der Waals surface area (Å²) >= 11 is 0. The Kier molecular flexibility index (Phi) is 4.50. The molecular formula is C18H26N2O2. The lowest BCUT2D eigenvalue weighted by Gasteiger charge is -2.30. The average Bonchev–Trinajstić information content (AvgIpc) is 3.06. The molecule has 1 aromatic rings. The molecular weight excluding hydrogens is 276 g/mol. The quantitative estimate of drug-likeness (QED) is 0.928. The van der Waals surface area contributed by atoms with Crippen LogP contribution in [-0.2, 0) is 4.79 Å². The van der Waals surface area contributed by atoms with Crippen molar-refractivity contribution in [2.45, 2.75) is 57.7 Å². The lowest BCUT2D eigenvalue weighted by atomic mass is 10.1. The molecule has 1 amide bonds. The van der Waals surface area contributed by atoms with Gasteiger partial charge in [-0.15, -0.1) is 0 Å². The lowest BCUT2D eigenvalue weighted by Crippen LogP contribution is -2.45. The van der Waals surface area contributed by atoms with Crippen LogP contribution in [0.15, 0.2) is 24.3 Å². The van der Waals surface area contributed by atoms with Crippen LogP contribution in [0.1, 0.15) is 38.2 Å². The van der Waals surface area contributed by atoms with Gasteiger partial charge in [0, 0.05) is 18.3 Å². The Morgan fingerprint density at radius 3 is 2.64 bits per heavy atom. The van der Waals surface area contributed by atoms with E-state index in [2.05, 4.69) is 24.0 Å². The molecule has 0 aromatic heterocycles. The van der Waals surface area contributed by atoms with Crippen molar-refractivity contribution in [1.29, 1.82) is 0 Å². The van der Waals surface area contributed by atoms with Crippen molar-refractivity contribution in [2.75, 3.05) is 18.0 Å². The smallest absolute Gasteiger partial charge is 0.244 e. The minimum atomic E-state index is -0.296. The fraction of sp³-hybridized carbons (Fsp3) is 0.611. The van der Waals surface area contributed by atoms with Crippen LogP contribution < -0.4 is 4.90 Å². The molecule has 22 heavy (non-hydrogen) atoms. The summed E-state index contributed by atoms with van der Waals surface area (Å²) in [4.78, 5) is 17.1. The van der Waals surface area contributed by atoms with E-state index in [1.165, 1.54) is 5.56 Å². The third kappa shape index (κ3) is 3.03. The first-order valence-electron chi connectivity index (χ1n) is 8.38. The van der Waals surface area contributed by atoms with Crippen molar-refractivity contribution in [3.63, 3.8) is 0 Å². The van der Waals surface area contributed by atoms with Crippen LogP contribution in [0.4, 0.5) is 5.69 Å². The molecule has 0 saturated carbocycles. The molecule has 3 atom stereocenters. The summed E-state index contributed by atoms with van der Waals surface area (Å²) in [5, 5.41) is 9.67. The number of aryl methyl sites for hydroxylation is 1. The maximum absolute atomic E-state index is 12.8. The number of carbonyl (C=O) groups is 1. The van der Waals surface area contributed by atoms with E-state index >= 15 is 0 Å². The van der Waals surface area contributed by atoms with Crippen molar-refractivity contribution in [3.8, 4) is 0 Å². The monoisotopic (exact) mass is 302 g/mol. The molecule has 0 aliphatic carbocycles. The van der Waals surface area contributed by atoms with E-state index in [0.29, 0.717) is 6.04 Å². The zero-order valence-corrected chi connectivity index (χ0v) is 13.5. The minimum absolute atomic E-state index is 0.00690. The second-order valence-electron chi connectivity index (χ2n) is 6.75. The fourth-order valence-electron chi connectivity index (χ4n) is 3.87. The van der Waals surface area contributed by atoms with Crippen LogP contribution >= 0.6 is 0 Å². The van der Waals surface area contributed by atoms with Gasteiger partial charge in [-0.1, -0.05) is 17.7 Å². The second kappa shape index (κ2) is 6.39. The third-order valence-electron chi connectivity index (χ3n) is 4.96. The van der Waals surface area contributed by atoms with Gasteiger partial charge in [-0.2, -0.15) is 0 Å². The zero-order chi connectivity index (χ0) is 15.7. The second-order valence-corrected chi connectivity index (χ2v) is 6.75. The number of aliphatic hydroxyl groups is 1. The molecule has 1 N–H and O–H groups in total. The van der Waals surface area contributed by atoms with Crippen LogP contribution in [-0.4, -0.2) is 47.2 Å². The van der Waals surface area contributed by atoms with Crippen molar-refractivity contribution >= 4 is 11.6 Å². The average molecular weight is 302 g/mol. The number of likely N-dealkylation sites (tertiary alicyclic amines) is 1. The van der Waals surface area contributed by atoms with Crippen LogP contribution in [0.25, 0.3) is 0 Å². The SMILES string of the molecule is Cc1ccc(N2CCC(N3CCCC3CC(C)O)C2=O)cc1. The molecule has 0 radical (unpaired) electrons. The van der Waals surface area contributed by atoms with Gasteiger partial charge in [-0.25, -0.2) is 0 Å². The highest BCUT2D eigenvalue weighted by Gasteiger charge is 2.41. The standard InChI is InChI=1S/C18H26N2O2/c1-13-5-7-15(8-6-13)20-11-9-17(18(20)22)19-10-3-4-16(19)12-14(2)21/h5-8,14,16-17,21H,3-4,9-12H2,1-2H3. The van der Waals surface area contributed by atoms with Crippen LogP contribution in [0.3, 0.4) is 0 Å². The lowest BCUT2D eigenvalue weighted by molar-refractivity contribution is -0.122. The predicted octanol–water partition coefficient (Wildman–Crippen LogP) is 2.34. The van der Waals surface area contributed by atoms with E-state index in [1.807, 2.05) is 24.0 Å². The molecule has 0 spiro atoms. The highest BCUT2D eigenvalue weighted by Crippen LogP contribution is 2.31. The molecule has 3 rings (SSSR count). The van der Waals surface area contributed by atoms with Crippen molar-refractivity contribution in [3.05, 3.63) is 29.8 Å². The predicted molar refractivity (Wildman–Crippen MR) is 88.0 cm³/mol. The van der Waals surface area contributed by atoms with Crippen molar-refractivity contribution in [1.82, 2.24) is 4.90 Å². The Labute approximate surface area is 132 Å². The summed E-state index contributed by atoms with van der Waals surface area (Å²) in [6, 6.07) is 8.53. The molecule has 2 aliphatic heterocycles. The highest BCUT2D eigenvalue weighted by atomic mass is 16.3. The minimum Gasteiger partial charge on any atom is -0.393 e. The highest BCUT2D eigenvalue weighted by molar-refractivity contribution is 5.99.